The largest absolute Gasteiger partial charge is 0.491 e. The minimum atomic E-state index is 0.274. The third-order valence-electron chi connectivity index (χ3n) is 4.09. The van der Waals surface area contributed by atoms with Crippen molar-refractivity contribution in [2.45, 2.75) is 46.8 Å². The van der Waals surface area contributed by atoms with Gasteiger partial charge in [-0.1, -0.05) is 26.0 Å². The standard InChI is InChI=1S/C21H37N3O3/c1-6-22-21(23-13-12-20(17(3)4)26-7-2)24-16-18-8-10-19(11-9-18)27-15-14-25-5/h8-11,17,20H,6-7,12-16H2,1-5H3,(H2,22,23,24). The van der Waals surface area contributed by atoms with Crippen LogP contribution in [0.3, 0.4) is 0 Å². The van der Waals surface area contributed by atoms with Crippen molar-refractivity contribution in [2.75, 3.05) is 40.0 Å². The average molecular weight is 380 g/mol. The first kappa shape index (κ1) is 23.2. The topological polar surface area (TPSA) is 64.1 Å². The first-order valence-corrected chi connectivity index (χ1v) is 9.95. The lowest BCUT2D eigenvalue weighted by Gasteiger charge is -2.21. The molecule has 27 heavy (non-hydrogen) atoms. The van der Waals surface area contributed by atoms with E-state index in [4.69, 9.17) is 14.2 Å². The van der Waals surface area contributed by atoms with Crippen LogP contribution in [0.15, 0.2) is 29.3 Å². The quantitative estimate of drug-likeness (QED) is 0.313. The monoisotopic (exact) mass is 379 g/mol. The van der Waals surface area contributed by atoms with Gasteiger partial charge >= 0.3 is 0 Å². The van der Waals surface area contributed by atoms with Gasteiger partial charge in [0, 0.05) is 26.8 Å². The van der Waals surface area contributed by atoms with Crippen LogP contribution in [-0.2, 0) is 16.0 Å². The number of hydrogen-bond acceptors (Lipinski definition) is 4. The highest BCUT2D eigenvalue weighted by Crippen LogP contribution is 2.13. The van der Waals surface area contributed by atoms with Gasteiger partial charge in [0.25, 0.3) is 0 Å². The van der Waals surface area contributed by atoms with E-state index >= 15 is 0 Å². The van der Waals surface area contributed by atoms with Gasteiger partial charge in [0.1, 0.15) is 12.4 Å². The summed E-state index contributed by atoms with van der Waals surface area (Å²) in [5.74, 6) is 2.19. The third-order valence-corrected chi connectivity index (χ3v) is 4.09. The molecule has 0 heterocycles. The van der Waals surface area contributed by atoms with Crippen LogP contribution in [0.25, 0.3) is 0 Å². The molecule has 0 aliphatic rings. The number of ether oxygens (including phenoxy) is 3. The second-order valence-corrected chi connectivity index (χ2v) is 6.63. The van der Waals surface area contributed by atoms with Crippen molar-refractivity contribution >= 4 is 5.96 Å². The zero-order valence-electron chi connectivity index (χ0n) is 17.6. The van der Waals surface area contributed by atoms with Gasteiger partial charge in [-0.15, -0.1) is 0 Å². The molecule has 0 aromatic heterocycles. The first-order valence-electron chi connectivity index (χ1n) is 9.95. The summed E-state index contributed by atoms with van der Waals surface area (Å²) < 4.78 is 16.4. The van der Waals surface area contributed by atoms with Crippen molar-refractivity contribution in [1.29, 1.82) is 0 Å². The number of nitrogens with one attached hydrogen (secondary N) is 2. The van der Waals surface area contributed by atoms with Gasteiger partial charge in [0.05, 0.1) is 19.3 Å². The Kier molecular flexibility index (Phi) is 12.3. The molecule has 0 saturated carbocycles. The molecule has 6 nitrogen and oxygen atoms in total. The van der Waals surface area contributed by atoms with Crippen molar-refractivity contribution in [3.05, 3.63) is 29.8 Å². The molecule has 0 aliphatic carbocycles. The number of hydrogen-bond donors (Lipinski definition) is 2. The highest BCUT2D eigenvalue weighted by molar-refractivity contribution is 5.79. The molecule has 0 bridgehead atoms. The second-order valence-electron chi connectivity index (χ2n) is 6.63. The fraction of sp³-hybridized carbons (Fsp3) is 0.667. The smallest absolute Gasteiger partial charge is 0.191 e. The lowest BCUT2D eigenvalue weighted by molar-refractivity contribution is 0.0258. The van der Waals surface area contributed by atoms with E-state index < -0.39 is 0 Å². The molecule has 0 fully saturated rings. The molecule has 154 valence electrons. The Morgan fingerprint density at radius 2 is 1.81 bits per heavy atom. The lowest BCUT2D eigenvalue weighted by atomic mass is 10.0. The zero-order valence-corrected chi connectivity index (χ0v) is 17.6. The van der Waals surface area contributed by atoms with Crippen LogP contribution in [0, 0.1) is 5.92 Å². The van der Waals surface area contributed by atoms with Crippen LogP contribution < -0.4 is 15.4 Å². The summed E-state index contributed by atoms with van der Waals surface area (Å²) in [7, 11) is 1.67. The molecule has 1 rings (SSSR count). The van der Waals surface area contributed by atoms with Gasteiger partial charge in [-0.05, 0) is 43.9 Å². The number of benzene rings is 1. The highest BCUT2D eigenvalue weighted by atomic mass is 16.5. The fourth-order valence-corrected chi connectivity index (χ4v) is 2.60. The number of aliphatic imine (C=N–C) groups is 1. The van der Waals surface area contributed by atoms with Crippen LogP contribution in [0.4, 0.5) is 0 Å². The maximum Gasteiger partial charge on any atom is 0.191 e. The molecule has 2 N–H and O–H groups in total. The minimum absolute atomic E-state index is 0.274. The van der Waals surface area contributed by atoms with Gasteiger partial charge in [-0.2, -0.15) is 0 Å². The van der Waals surface area contributed by atoms with Gasteiger partial charge < -0.3 is 24.8 Å². The van der Waals surface area contributed by atoms with Gasteiger partial charge in [-0.3, -0.25) is 0 Å². The molecular weight excluding hydrogens is 342 g/mol. The van der Waals surface area contributed by atoms with E-state index in [1.165, 1.54) is 0 Å². The van der Waals surface area contributed by atoms with E-state index in [9.17, 15) is 0 Å². The Bertz CT molecular complexity index is 518. The predicted molar refractivity (Wildman–Crippen MR) is 112 cm³/mol. The van der Waals surface area contributed by atoms with E-state index in [1.54, 1.807) is 7.11 Å². The van der Waals surface area contributed by atoms with Crippen molar-refractivity contribution in [2.24, 2.45) is 10.9 Å². The summed E-state index contributed by atoms with van der Waals surface area (Å²) >= 11 is 0. The minimum Gasteiger partial charge on any atom is -0.491 e. The van der Waals surface area contributed by atoms with Gasteiger partial charge in [-0.25, -0.2) is 4.99 Å². The van der Waals surface area contributed by atoms with Crippen molar-refractivity contribution in [1.82, 2.24) is 10.6 Å². The highest BCUT2D eigenvalue weighted by Gasteiger charge is 2.12. The number of guanidine groups is 1. The van der Waals surface area contributed by atoms with Crippen LogP contribution in [-0.4, -0.2) is 52.1 Å². The van der Waals surface area contributed by atoms with Crippen molar-refractivity contribution in [3.63, 3.8) is 0 Å². The molecule has 1 aromatic carbocycles. The summed E-state index contributed by atoms with van der Waals surface area (Å²) in [6.45, 7) is 12.7. The van der Waals surface area contributed by atoms with Gasteiger partial charge in [0.15, 0.2) is 5.96 Å². The molecule has 0 spiro atoms. The van der Waals surface area contributed by atoms with Crippen LogP contribution in [0.5, 0.6) is 5.75 Å². The second kappa shape index (κ2) is 14.3. The number of rotatable bonds is 13. The molecule has 0 aliphatic heterocycles. The van der Waals surface area contributed by atoms with E-state index in [-0.39, 0.29) is 6.10 Å². The predicted octanol–water partition coefficient (Wildman–Crippen LogP) is 3.22. The van der Waals surface area contributed by atoms with E-state index in [1.807, 2.05) is 31.2 Å². The first-order chi connectivity index (χ1) is 13.1. The van der Waals surface area contributed by atoms with Crippen LogP contribution in [0.2, 0.25) is 0 Å². The Morgan fingerprint density at radius 3 is 2.41 bits per heavy atom. The summed E-state index contributed by atoms with van der Waals surface area (Å²) in [5, 5.41) is 6.69. The number of nitrogens with zero attached hydrogens (tertiary/aromatic N) is 1. The number of methoxy groups -OCH3 is 1. The van der Waals surface area contributed by atoms with Crippen molar-refractivity contribution < 1.29 is 14.2 Å². The SMILES string of the molecule is CCNC(=NCc1ccc(OCCOC)cc1)NCCC(OCC)C(C)C. The molecule has 0 radical (unpaired) electrons. The third kappa shape index (κ3) is 10.2. The molecule has 1 aromatic rings. The molecular formula is C21H37N3O3. The van der Waals surface area contributed by atoms with Crippen LogP contribution >= 0.6 is 0 Å². The summed E-state index contributed by atoms with van der Waals surface area (Å²) in [6, 6.07) is 8.02. The van der Waals surface area contributed by atoms with Crippen molar-refractivity contribution in [3.8, 4) is 5.75 Å². The summed E-state index contributed by atoms with van der Waals surface area (Å²) in [6.07, 6.45) is 1.24. The van der Waals surface area contributed by atoms with Gasteiger partial charge in [0.2, 0.25) is 0 Å². The molecule has 0 amide bonds. The molecule has 0 saturated heterocycles. The van der Waals surface area contributed by atoms with E-state index in [2.05, 4.69) is 36.4 Å². The van der Waals surface area contributed by atoms with E-state index in [0.29, 0.717) is 25.7 Å². The summed E-state index contributed by atoms with van der Waals surface area (Å²) in [4.78, 5) is 4.67. The summed E-state index contributed by atoms with van der Waals surface area (Å²) in [5.41, 5.74) is 1.14. The maximum atomic E-state index is 5.80. The fourth-order valence-electron chi connectivity index (χ4n) is 2.60. The molecule has 1 atom stereocenters. The Labute approximate surface area is 164 Å². The lowest BCUT2D eigenvalue weighted by Crippen LogP contribution is -2.39. The van der Waals surface area contributed by atoms with Crippen LogP contribution in [0.1, 0.15) is 39.7 Å². The Balaban J connectivity index is 2.50. The Hall–Kier alpha value is -1.79. The molecule has 1 unspecified atom stereocenters. The van der Waals surface area contributed by atoms with E-state index in [0.717, 1.165) is 43.4 Å². The maximum absolute atomic E-state index is 5.80. The Morgan fingerprint density at radius 1 is 1.07 bits per heavy atom. The average Bonchev–Trinajstić information content (AvgIpc) is 2.66. The zero-order chi connectivity index (χ0) is 19.9. The molecule has 6 heteroatoms. The normalized spacial score (nSPS) is 12.9.